The van der Waals surface area contributed by atoms with Gasteiger partial charge in [-0.25, -0.2) is 0 Å². The Hall–Kier alpha value is -0.610. The molecule has 0 aromatic heterocycles. The molecule has 4 heteroatoms. The molecule has 108 valence electrons. The van der Waals surface area contributed by atoms with Crippen LogP contribution < -0.4 is 11.1 Å². The van der Waals surface area contributed by atoms with Crippen LogP contribution in [0.5, 0.6) is 0 Å². The third kappa shape index (κ3) is 10.5. The highest BCUT2D eigenvalue weighted by Crippen LogP contribution is 2.10. The zero-order valence-electron chi connectivity index (χ0n) is 12.4. The predicted molar refractivity (Wildman–Crippen MR) is 75.4 cm³/mol. The monoisotopic (exact) mass is 258 g/mol. The van der Waals surface area contributed by atoms with Crippen LogP contribution in [-0.4, -0.2) is 31.2 Å². The lowest BCUT2D eigenvalue weighted by Crippen LogP contribution is -2.41. The van der Waals surface area contributed by atoms with Crippen LogP contribution in [0.15, 0.2) is 0 Å². The molecule has 0 spiro atoms. The number of nitrogens with two attached hydrogens (primary N) is 1. The molecule has 0 unspecified atom stereocenters. The minimum atomic E-state index is -0.294. The lowest BCUT2D eigenvalue weighted by Gasteiger charge is -2.26. The van der Waals surface area contributed by atoms with E-state index in [1.807, 2.05) is 13.8 Å². The molecule has 0 fully saturated rings. The van der Waals surface area contributed by atoms with Crippen molar-refractivity contribution in [3.8, 4) is 0 Å². The van der Waals surface area contributed by atoms with Crippen molar-refractivity contribution in [2.45, 2.75) is 59.0 Å². The number of unbranched alkanes of at least 4 members (excludes halogenated alkanes) is 2. The Labute approximate surface area is 112 Å². The molecular formula is C14H30N2O2. The first-order valence-electron chi connectivity index (χ1n) is 6.98. The first kappa shape index (κ1) is 17.4. The van der Waals surface area contributed by atoms with Gasteiger partial charge in [-0.3, -0.25) is 4.79 Å². The summed E-state index contributed by atoms with van der Waals surface area (Å²) in [5.41, 5.74) is 5.11. The fourth-order valence-electron chi connectivity index (χ4n) is 1.45. The second-order valence-corrected chi connectivity index (χ2v) is 5.84. The number of hydrogen-bond acceptors (Lipinski definition) is 3. The van der Waals surface area contributed by atoms with E-state index in [4.69, 9.17) is 10.5 Å². The fraction of sp³-hybridized carbons (Fsp3) is 0.929. The summed E-state index contributed by atoms with van der Waals surface area (Å²) in [4.78, 5) is 11.6. The molecule has 0 rings (SSSR count). The molecule has 18 heavy (non-hydrogen) atoms. The number of rotatable bonds is 10. The molecule has 0 aliphatic carbocycles. The van der Waals surface area contributed by atoms with Gasteiger partial charge in [0.25, 0.3) is 0 Å². The molecule has 0 aliphatic heterocycles. The van der Waals surface area contributed by atoms with Gasteiger partial charge in [0.05, 0.1) is 5.60 Å². The molecule has 0 aromatic carbocycles. The topological polar surface area (TPSA) is 64.3 Å². The largest absolute Gasteiger partial charge is 0.373 e. The first-order valence-corrected chi connectivity index (χ1v) is 6.98. The van der Waals surface area contributed by atoms with Gasteiger partial charge in [0.15, 0.2) is 0 Å². The summed E-state index contributed by atoms with van der Waals surface area (Å²) in [6, 6.07) is 0. The molecule has 0 heterocycles. The average Bonchev–Trinajstić information content (AvgIpc) is 2.30. The third-order valence-electron chi connectivity index (χ3n) is 2.63. The van der Waals surface area contributed by atoms with Gasteiger partial charge in [0.2, 0.25) is 5.91 Å². The first-order chi connectivity index (χ1) is 8.37. The summed E-state index contributed by atoms with van der Waals surface area (Å²) in [6.07, 6.45) is 3.52. The number of carbonyl (C=O) groups excluding carboxylic acids is 1. The molecule has 0 aliphatic rings. The molecule has 0 atom stereocenters. The van der Waals surface area contributed by atoms with Gasteiger partial charge < -0.3 is 15.8 Å². The summed E-state index contributed by atoms with van der Waals surface area (Å²) < 4.78 is 5.75. The van der Waals surface area contributed by atoms with Gasteiger partial charge in [0, 0.05) is 19.6 Å². The van der Waals surface area contributed by atoms with Gasteiger partial charge >= 0.3 is 0 Å². The van der Waals surface area contributed by atoms with Crippen LogP contribution in [0.2, 0.25) is 0 Å². The summed E-state index contributed by atoms with van der Waals surface area (Å²) in [7, 11) is 0. The quantitative estimate of drug-likeness (QED) is 0.590. The molecule has 0 aromatic rings. The molecule has 0 saturated carbocycles. The third-order valence-corrected chi connectivity index (χ3v) is 2.63. The maximum atomic E-state index is 11.6. The number of amides is 1. The smallest absolute Gasteiger partial charge is 0.220 e. The minimum absolute atomic E-state index is 0.105. The zero-order valence-corrected chi connectivity index (χ0v) is 12.4. The van der Waals surface area contributed by atoms with E-state index in [-0.39, 0.29) is 11.5 Å². The second kappa shape index (κ2) is 9.34. The van der Waals surface area contributed by atoms with Crippen LogP contribution in [0.3, 0.4) is 0 Å². The Bertz CT molecular complexity index is 228. The zero-order chi connectivity index (χ0) is 14.0. The number of hydrogen-bond donors (Lipinski definition) is 2. The van der Waals surface area contributed by atoms with E-state index < -0.39 is 0 Å². The van der Waals surface area contributed by atoms with Gasteiger partial charge in [-0.15, -0.1) is 0 Å². The minimum Gasteiger partial charge on any atom is -0.373 e. The lowest BCUT2D eigenvalue weighted by molar-refractivity contribution is -0.123. The van der Waals surface area contributed by atoms with Crippen LogP contribution in [0.25, 0.3) is 0 Å². The SMILES string of the molecule is CC(C)COC(C)(C)CNC(=O)CCCCCN. The van der Waals surface area contributed by atoms with Crippen LogP contribution in [0.1, 0.15) is 53.4 Å². The van der Waals surface area contributed by atoms with E-state index in [0.717, 1.165) is 25.9 Å². The van der Waals surface area contributed by atoms with Gasteiger partial charge in [-0.2, -0.15) is 0 Å². The molecular weight excluding hydrogens is 228 g/mol. The van der Waals surface area contributed by atoms with Gasteiger partial charge in [-0.1, -0.05) is 20.3 Å². The molecule has 3 N–H and O–H groups in total. The fourth-order valence-corrected chi connectivity index (χ4v) is 1.45. The maximum Gasteiger partial charge on any atom is 0.220 e. The van der Waals surface area contributed by atoms with Gasteiger partial charge in [0.1, 0.15) is 0 Å². The Balaban J connectivity index is 3.68. The molecule has 4 nitrogen and oxygen atoms in total. The van der Waals surface area contributed by atoms with E-state index in [0.29, 0.717) is 25.4 Å². The predicted octanol–water partition coefficient (Wildman–Crippen LogP) is 2.07. The van der Waals surface area contributed by atoms with Crippen molar-refractivity contribution in [2.75, 3.05) is 19.7 Å². The average molecular weight is 258 g/mol. The maximum absolute atomic E-state index is 11.6. The van der Waals surface area contributed by atoms with E-state index in [1.165, 1.54) is 0 Å². The van der Waals surface area contributed by atoms with E-state index in [1.54, 1.807) is 0 Å². The van der Waals surface area contributed by atoms with Crippen molar-refractivity contribution < 1.29 is 9.53 Å². The van der Waals surface area contributed by atoms with Crippen molar-refractivity contribution >= 4 is 5.91 Å². The highest BCUT2D eigenvalue weighted by molar-refractivity contribution is 5.75. The van der Waals surface area contributed by atoms with Crippen LogP contribution >= 0.6 is 0 Å². The Morgan fingerprint density at radius 1 is 1.28 bits per heavy atom. The normalized spacial score (nSPS) is 11.9. The number of ether oxygens (including phenoxy) is 1. The van der Waals surface area contributed by atoms with Crippen LogP contribution in [-0.2, 0) is 9.53 Å². The van der Waals surface area contributed by atoms with Crippen molar-refractivity contribution in [3.05, 3.63) is 0 Å². The van der Waals surface area contributed by atoms with Crippen molar-refractivity contribution in [3.63, 3.8) is 0 Å². The van der Waals surface area contributed by atoms with E-state index in [9.17, 15) is 4.79 Å². The van der Waals surface area contributed by atoms with Crippen LogP contribution in [0.4, 0.5) is 0 Å². The molecule has 0 saturated heterocycles. The number of nitrogens with one attached hydrogen (secondary N) is 1. The van der Waals surface area contributed by atoms with Crippen molar-refractivity contribution in [1.29, 1.82) is 0 Å². The summed E-state index contributed by atoms with van der Waals surface area (Å²) in [5.74, 6) is 0.615. The summed E-state index contributed by atoms with van der Waals surface area (Å²) in [6.45, 7) is 10.2. The second-order valence-electron chi connectivity index (χ2n) is 5.84. The molecule has 0 bridgehead atoms. The number of carbonyl (C=O) groups is 1. The van der Waals surface area contributed by atoms with Gasteiger partial charge in [-0.05, 0) is 39.2 Å². The lowest BCUT2D eigenvalue weighted by atomic mass is 10.1. The Kier molecular flexibility index (Phi) is 9.02. The Morgan fingerprint density at radius 2 is 1.94 bits per heavy atom. The van der Waals surface area contributed by atoms with E-state index >= 15 is 0 Å². The van der Waals surface area contributed by atoms with Crippen molar-refractivity contribution in [2.24, 2.45) is 11.7 Å². The highest BCUT2D eigenvalue weighted by atomic mass is 16.5. The molecule has 1 amide bonds. The van der Waals surface area contributed by atoms with E-state index in [2.05, 4.69) is 19.2 Å². The molecule has 0 radical (unpaired) electrons. The summed E-state index contributed by atoms with van der Waals surface area (Å²) >= 11 is 0. The standard InChI is InChI=1S/C14H30N2O2/c1-12(2)10-18-14(3,4)11-16-13(17)8-6-5-7-9-15/h12H,5-11,15H2,1-4H3,(H,16,17). The van der Waals surface area contributed by atoms with Crippen LogP contribution in [0, 0.1) is 5.92 Å². The Morgan fingerprint density at radius 3 is 2.50 bits per heavy atom. The summed E-state index contributed by atoms with van der Waals surface area (Å²) in [5, 5.41) is 2.93. The highest BCUT2D eigenvalue weighted by Gasteiger charge is 2.19. The van der Waals surface area contributed by atoms with Crippen molar-refractivity contribution in [1.82, 2.24) is 5.32 Å².